The van der Waals surface area contributed by atoms with Crippen LogP contribution in [0.4, 0.5) is 35.1 Å². The number of aromatic nitrogens is 3. The fraction of sp³-hybridized carbons (Fsp3) is 0.511. The number of alkyl halides is 2. The van der Waals surface area contributed by atoms with Gasteiger partial charge in [-0.1, -0.05) is 102 Å². The van der Waals surface area contributed by atoms with E-state index in [4.69, 9.17) is 14.2 Å². The topological polar surface area (TPSA) is 129 Å². The van der Waals surface area contributed by atoms with E-state index in [1.165, 1.54) is 41.3 Å². The van der Waals surface area contributed by atoms with Gasteiger partial charge in [-0.05, 0) is 159 Å². The van der Waals surface area contributed by atoms with Crippen molar-refractivity contribution in [1.82, 2.24) is 44.4 Å². The Balaban J connectivity index is 0.000000127. The quantitative estimate of drug-likeness (QED) is 0.0536. The smallest absolute Gasteiger partial charge is 0.261 e. The van der Waals surface area contributed by atoms with E-state index in [0.29, 0.717) is 37.2 Å². The number of nitrogens with zero attached hydrogens (tertiary/aromatic N) is 6. The van der Waals surface area contributed by atoms with Crippen molar-refractivity contribution in [2.45, 2.75) is 211 Å². The third kappa shape index (κ3) is 14.9. The summed E-state index contributed by atoms with van der Waals surface area (Å²) in [5, 5.41) is 3.07. The van der Waals surface area contributed by atoms with Crippen LogP contribution in [-0.2, 0) is 28.9 Å². The van der Waals surface area contributed by atoms with Crippen molar-refractivity contribution in [1.29, 1.82) is 0 Å². The number of amides is 2. The largest absolute Gasteiger partial charge is 0.488 e. The zero-order valence-electron chi connectivity index (χ0n) is 65.4. The van der Waals surface area contributed by atoms with E-state index in [1.807, 2.05) is 87.5 Å². The Morgan fingerprint density at radius 1 is 0.455 bits per heavy atom. The van der Waals surface area contributed by atoms with E-state index in [0.717, 1.165) is 185 Å². The summed E-state index contributed by atoms with van der Waals surface area (Å²) in [6.45, 7) is 22.0. The summed E-state index contributed by atoms with van der Waals surface area (Å²) < 4.78 is 142. The minimum Gasteiger partial charge on any atom is -0.488 e. The second kappa shape index (κ2) is 31.4. The van der Waals surface area contributed by atoms with Crippen molar-refractivity contribution in [2.75, 3.05) is 72.1 Å². The average molecular weight is 1540 g/mol. The molecule has 3 saturated carbocycles. The molecule has 6 aromatic carbocycles. The van der Waals surface area contributed by atoms with Crippen LogP contribution in [0.15, 0.2) is 109 Å². The number of fused-ring (bicyclic) bond motifs is 9. The van der Waals surface area contributed by atoms with Gasteiger partial charge in [0.25, 0.3) is 5.91 Å². The van der Waals surface area contributed by atoms with Gasteiger partial charge in [-0.25, -0.2) is 30.7 Å². The maximum absolute atomic E-state index is 15.9. The van der Waals surface area contributed by atoms with Crippen LogP contribution in [0.25, 0.3) is 32.7 Å². The summed E-state index contributed by atoms with van der Waals surface area (Å²) >= 11 is 0. The van der Waals surface area contributed by atoms with E-state index < -0.39 is 88.2 Å². The second-order valence-corrected chi connectivity index (χ2v) is 34.1. The highest BCUT2D eigenvalue weighted by atomic mass is 19.2. The lowest BCUT2D eigenvalue weighted by Gasteiger charge is -2.46. The summed E-state index contributed by atoms with van der Waals surface area (Å²) in [5.74, 6) is -4.35. The number of rotatable bonds is 23. The van der Waals surface area contributed by atoms with E-state index in [2.05, 4.69) is 68.3 Å². The predicted octanol–water partition coefficient (Wildman–Crippen LogP) is 18.4. The first-order valence-electron chi connectivity index (χ1n) is 41.1. The number of halogens is 8. The Kier molecular flexibility index (Phi) is 21.7. The van der Waals surface area contributed by atoms with Gasteiger partial charge in [-0.3, -0.25) is 33.6 Å². The highest BCUT2D eigenvalue weighted by molar-refractivity contribution is 5.91. The Hall–Kier alpha value is -8.44. The van der Waals surface area contributed by atoms with Crippen LogP contribution in [0.1, 0.15) is 201 Å². The molecule has 9 aliphatic rings. The number of carbonyl (C=O) groups excluding carboxylic acids is 2. The number of unbranched alkanes of at least 4 members (excludes halogenated alkanes) is 3. The Morgan fingerprint density at radius 2 is 0.786 bits per heavy atom. The van der Waals surface area contributed by atoms with Crippen LogP contribution in [-0.4, -0.2) is 170 Å². The SMILES string of the molecule is CCCCN1CC(Oc2cc(F)c([C@@H]3c4[nH]c5ccccc5c4C[C@@H](C)N3C(=O)C3(C)CC3)c(F)c2)C1.CCCCN1CC(Oc2cc(F)c([C@@H]3c4[nH]c5ccccc5c4C[C@@H](C)N3C(=O)C3(F)CCC3)c(F)c2)C1.CCCCN1CC(Oc2cc(F)c([C@@H]3c4[nH]c5ccccc5c4C[C@@H](C)N3CC3(CF)CC3)c(F)c2)C1. The summed E-state index contributed by atoms with van der Waals surface area (Å²) in [7, 11) is 0. The van der Waals surface area contributed by atoms with Crippen LogP contribution >= 0.6 is 0 Å². The minimum absolute atomic E-state index is 0.0135. The van der Waals surface area contributed by atoms with Gasteiger partial charge in [0, 0.05) is 167 Å². The Bertz CT molecular complexity index is 4880. The average Bonchev–Trinajstić information content (AvgIpc) is 1.52. The monoisotopic (exact) mass is 1540 g/mol. The Labute approximate surface area is 650 Å². The van der Waals surface area contributed by atoms with Gasteiger partial charge in [0.2, 0.25) is 5.91 Å². The van der Waals surface area contributed by atoms with Gasteiger partial charge in [-0.15, -0.1) is 0 Å². The van der Waals surface area contributed by atoms with Gasteiger partial charge in [-0.2, -0.15) is 0 Å². The first-order chi connectivity index (χ1) is 54.0. The molecular weight excluding hydrogens is 1440 g/mol. The van der Waals surface area contributed by atoms with E-state index >= 15 is 30.7 Å². The van der Waals surface area contributed by atoms with Crippen LogP contribution in [0.5, 0.6) is 17.2 Å². The van der Waals surface area contributed by atoms with Crippen molar-refractivity contribution >= 4 is 44.5 Å². The van der Waals surface area contributed by atoms with E-state index in [1.54, 1.807) is 4.90 Å². The van der Waals surface area contributed by atoms with Crippen LogP contribution < -0.4 is 14.2 Å². The van der Waals surface area contributed by atoms with Crippen molar-refractivity contribution in [3.8, 4) is 17.2 Å². The molecule has 3 N–H and O–H groups in total. The van der Waals surface area contributed by atoms with Crippen molar-refractivity contribution in [3.05, 3.63) is 195 Å². The molecule has 0 spiro atoms. The lowest BCUT2D eigenvalue weighted by molar-refractivity contribution is -0.155. The number of hydrogen-bond acceptors (Lipinski definition) is 9. The zero-order valence-corrected chi connectivity index (χ0v) is 65.4. The third-order valence-electron chi connectivity index (χ3n) is 25.7. The summed E-state index contributed by atoms with van der Waals surface area (Å²) in [5.41, 5.74) is 4.58. The van der Waals surface area contributed by atoms with Crippen molar-refractivity contribution in [3.63, 3.8) is 0 Å². The van der Waals surface area contributed by atoms with Gasteiger partial charge >= 0.3 is 0 Å². The standard InChI is InChI=1S/C30H34F3N3O2.C30H36F3N3O.C30H35F2N3O2/c1-3-4-12-35-16-20(17-35)38-19-14-23(31)26(24(32)15-19)28-27-22(21-8-5-6-9-25(21)34-27)13-18(2)36(28)29(37)30(33)10-7-11-30;1-3-4-11-35-15-21(16-35)37-20-13-24(32)27(25(33)14-20)29-28-23(22-7-5-6-8-26(22)34-28)12-19(2)36(29)18-30(17-31)9-10-30;1-4-5-12-34-16-20(17-34)37-19-14-23(31)26(24(32)15-19)28-27-22(21-8-6-7-9-25(21)33-27)13-18(2)35(28)29(36)30(3)10-11-30/h5-6,8-9,14-15,18,20,28,34H,3-4,7,10-13,16-17H2,1-2H3;5-8,13-14,19,21,29,34H,3-4,9-12,15-18H2,1-2H3;6-9,14-15,18,20,28,33H,4-5,10-13,16-17H2,1-3H3/t18-,28-;19-,29-;18-,28-/m111/s1. The lowest BCUT2D eigenvalue weighted by atomic mass is 9.78. The first-order valence-corrected chi connectivity index (χ1v) is 41.1. The maximum Gasteiger partial charge on any atom is 0.261 e. The number of carbonyl (C=O) groups is 2. The molecule has 0 radical (unpaired) electrons. The molecule has 6 aliphatic heterocycles. The van der Waals surface area contributed by atoms with E-state index in [-0.39, 0.29) is 83.1 Å². The zero-order chi connectivity index (χ0) is 78.2. The molecule has 22 heteroatoms. The highest BCUT2D eigenvalue weighted by Gasteiger charge is 2.55. The fourth-order valence-electron chi connectivity index (χ4n) is 18.5. The maximum atomic E-state index is 15.9. The number of hydrogen-bond donors (Lipinski definition) is 3. The summed E-state index contributed by atoms with van der Waals surface area (Å²) in [4.78, 5) is 49.6. The summed E-state index contributed by atoms with van der Waals surface area (Å²) in [6, 6.07) is 27.9. The van der Waals surface area contributed by atoms with Crippen LogP contribution in [0.2, 0.25) is 0 Å². The fourth-order valence-corrected chi connectivity index (χ4v) is 18.5. The molecule has 3 saturated heterocycles. The van der Waals surface area contributed by atoms with Gasteiger partial charge in [0.05, 0.1) is 23.8 Å². The highest BCUT2D eigenvalue weighted by Crippen LogP contribution is 2.54. The molecule has 9 heterocycles. The number of aromatic amines is 3. The number of H-pyrrole nitrogens is 3. The third-order valence-corrected chi connectivity index (χ3v) is 25.7. The molecule has 0 bridgehead atoms. The van der Waals surface area contributed by atoms with Crippen LogP contribution in [0.3, 0.4) is 0 Å². The first kappa shape index (κ1) is 77.5. The summed E-state index contributed by atoms with van der Waals surface area (Å²) in [6.07, 6.45) is 12.5. The van der Waals surface area contributed by atoms with Gasteiger partial charge in [0.1, 0.15) is 82.5 Å². The molecule has 18 rings (SSSR count). The number of likely N-dealkylation sites (tertiary alicyclic amines) is 3. The molecule has 0 unspecified atom stereocenters. The molecule has 112 heavy (non-hydrogen) atoms. The van der Waals surface area contributed by atoms with Crippen LogP contribution in [0, 0.1) is 45.7 Å². The molecule has 6 fully saturated rings. The molecule has 2 amide bonds. The minimum atomic E-state index is -1.99. The lowest BCUT2D eigenvalue weighted by Crippen LogP contribution is -2.56. The van der Waals surface area contributed by atoms with Gasteiger partial charge in [0.15, 0.2) is 5.67 Å². The van der Waals surface area contributed by atoms with Gasteiger partial charge < -0.3 is 39.0 Å². The molecule has 3 aromatic heterocycles. The number of nitrogens with one attached hydrogen (secondary N) is 3. The molecule has 6 atom stereocenters. The second-order valence-electron chi connectivity index (χ2n) is 34.1. The predicted molar refractivity (Wildman–Crippen MR) is 419 cm³/mol. The molecule has 596 valence electrons. The normalized spacial score (nSPS) is 23.3. The molecular formula is C90H105F8N9O5. The van der Waals surface area contributed by atoms with Crippen molar-refractivity contribution < 1.29 is 58.9 Å². The van der Waals surface area contributed by atoms with Crippen molar-refractivity contribution in [2.24, 2.45) is 10.8 Å². The number of ether oxygens (including phenoxy) is 3. The molecule has 3 aliphatic carbocycles. The molecule has 14 nitrogen and oxygen atoms in total. The van der Waals surface area contributed by atoms with E-state index in [9.17, 15) is 14.0 Å². The number of para-hydroxylation sites is 3. The number of benzene rings is 6. The Morgan fingerprint density at radius 3 is 1.11 bits per heavy atom. The molecule has 9 aromatic rings.